The van der Waals surface area contributed by atoms with Crippen molar-refractivity contribution >= 4 is 5.69 Å². The van der Waals surface area contributed by atoms with E-state index in [1.165, 1.54) is 11.1 Å². The Hall–Kier alpha value is -2.16. The molecule has 0 aliphatic heterocycles. The predicted octanol–water partition coefficient (Wildman–Crippen LogP) is 3.34. The molecule has 0 saturated carbocycles. The zero-order chi connectivity index (χ0) is 13.2. The number of rotatable bonds is 3. The van der Waals surface area contributed by atoms with Crippen LogP contribution in [0.5, 0.6) is 11.5 Å². The Morgan fingerprint density at radius 1 is 1.11 bits per heavy atom. The first-order valence-corrected chi connectivity index (χ1v) is 6.46. The molecule has 0 heterocycles. The third kappa shape index (κ3) is 2.24. The molecule has 2 aromatic rings. The molecule has 0 fully saturated rings. The molecular weight excluding hydrogens is 238 g/mol. The molecule has 0 spiro atoms. The van der Waals surface area contributed by atoms with Crippen LogP contribution in [0.15, 0.2) is 42.5 Å². The van der Waals surface area contributed by atoms with E-state index in [-0.39, 0.29) is 6.10 Å². The normalized spacial score (nSPS) is 17.0. The molecule has 0 bridgehead atoms. The summed E-state index contributed by atoms with van der Waals surface area (Å²) in [5, 5.41) is 0. The van der Waals surface area contributed by atoms with E-state index in [1.54, 1.807) is 7.11 Å². The molecule has 0 aromatic heterocycles. The molecule has 0 radical (unpaired) electrons. The number of nitrogen functional groups attached to an aromatic ring is 1. The number of anilines is 1. The standard InChI is InChI=1S/C16H17NO2/c1-18-15-9-7-12(17)10-16(15)19-14-8-6-11-4-2-3-5-13(11)14/h2-5,7,9-10,14H,6,8,17H2,1H3. The molecular formula is C16H17NO2. The van der Waals surface area contributed by atoms with E-state index >= 15 is 0 Å². The second-order valence-electron chi connectivity index (χ2n) is 4.75. The molecule has 2 N–H and O–H groups in total. The van der Waals surface area contributed by atoms with Crippen LogP contribution in [-0.4, -0.2) is 7.11 Å². The fourth-order valence-electron chi connectivity index (χ4n) is 2.58. The minimum Gasteiger partial charge on any atom is -0.493 e. The number of benzene rings is 2. The number of ether oxygens (including phenoxy) is 2. The second-order valence-corrected chi connectivity index (χ2v) is 4.75. The number of fused-ring (bicyclic) bond motifs is 1. The van der Waals surface area contributed by atoms with Gasteiger partial charge in [0.25, 0.3) is 0 Å². The summed E-state index contributed by atoms with van der Waals surface area (Å²) >= 11 is 0. The Balaban J connectivity index is 1.89. The summed E-state index contributed by atoms with van der Waals surface area (Å²) < 4.78 is 11.4. The molecule has 1 aliphatic rings. The van der Waals surface area contributed by atoms with E-state index in [0.717, 1.165) is 18.6 Å². The van der Waals surface area contributed by atoms with Crippen molar-refractivity contribution in [1.82, 2.24) is 0 Å². The molecule has 0 saturated heterocycles. The zero-order valence-electron chi connectivity index (χ0n) is 10.9. The third-order valence-corrected chi connectivity index (χ3v) is 3.53. The average Bonchev–Trinajstić information content (AvgIpc) is 2.83. The molecule has 3 nitrogen and oxygen atoms in total. The van der Waals surface area contributed by atoms with Gasteiger partial charge >= 0.3 is 0 Å². The quantitative estimate of drug-likeness (QED) is 0.855. The highest BCUT2D eigenvalue weighted by Gasteiger charge is 2.24. The van der Waals surface area contributed by atoms with Crippen molar-refractivity contribution in [3.8, 4) is 11.5 Å². The Morgan fingerprint density at radius 3 is 2.79 bits per heavy atom. The third-order valence-electron chi connectivity index (χ3n) is 3.53. The minimum atomic E-state index is 0.0897. The fourth-order valence-corrected chi connectivity index (χ4v) is 2.58. The Kier molecular flexibility index (Phi) is 3.03. The fraction of sp³-hybridized carbons (Fsp3) is 0.250. The summed E-state index contributed by atoms with van der Waals surface area (Å²) in [5.74, 6) is 1.43. The van der Waals surface area contributed by atoms with E-state index in [2.05, 4.69) is 24.3 Å². The lowest BCUT2D eigenvalue weighted by Crippen LogP contribution is -2.05. The van der Waals surface area contributed by atoms with Crippen LogP contribution in [0.4, 0.5) is 5.69 Å². The largest absolute Gasteiger partial charge is 0.493 e. The van der Waals surface area contributed by atoms with Crippen molar-refractivity contribution in [3.63, 3.8) is 0 Å². The number of methoxy groups -OCH3 is 1. The van der Waals surface area contributed by atoms with E-state index in [0.29, 0.717) is 11.4 Å². The van der Waals surface area contributed by atoms with Gasteiger partial charge < -0.3 is 15.2 Å². The Labute approximate surface area is 113 Å². The van der Waals surface area contributed by atoms with Gasteiger partial charge in [-0.05, 0) is 36.1 Å². The molecule has 3 rings (SSSR count). The van der Waals surface area contributed by atoms with E-state index in [1.807, 2.05) is 18.2 Å². The SMILES string of the molecule is COc1ccc(N)cc1OC1CCc2ccccc21. The molecule has 3 heteroatoms. The lowest BCUT2D eigenvalue weighted by molar-refractivity contribution is 0.198. The van der Waals surface area contributed by atoms with Gasteiger partial charge in [-0.2, -0.15) is 0 Å². The summed E-state index contributed by atoms with van der Waals surface area (Å²) in [4.78, 5) is 0. The summed E-state index contributed by atoms with van der Waals surface area (Å²) in [5.41, 5.74) is 9.14. The van der Waals surface area contributed by atoms with Crippen LogP contribution in [0.3, 0.4) is 0 Å². The monoisotopic (exact) mass is 255 g/mol. The van der Waals surface area contributed by atoms with Gasteiger partial charge in [-0.25, -0.2) is 0 Å². The lowest BCUT2D eigenvalue weighted by Gasteiger charge is -2.17. The molecule has 19 heavy (non-hydrogen) atoms. The van der Waals surface area contributed by atoms with Crippen LogP contribution >= 0.6 is 0 Å². The summed E-state index contributed by atoms with van der Waals surface area (Å²) in [6.07, 6.45) is 2.15. The highest BCUT2D eigenvalue weighted by Crippen LogP contribution is 2.38. The molecule has 1 aliphatic carbocycles. The molecule has 1 unspecified atom stereocenters. The van der Waals surface area contributed by atoms with E-state index in [4.69, 9.17) is 15.2 Å². The zero-order valence-corrected chi connectivity index (χ0v) is 10.9. The van der Waals surface area contributed by atoms with Crippen molar-refractivity contribution in [2.24, 2.45) is 0 Å². The molecule has 0 amide bonds. The first-order chi connectivity index (χ1) is 9.28. The van der Waals surface area contributed by atoms with Gasteiger partial charge in [0.15, 0.2) is 11.5 Å². The van der Waals surface area contributed by atoms with Gasteiger partial charge in [0.2, 0.25) is 0 Å². The van der Waals surface area contributed by atoms with Crippen molar-refractivity contribution in [2.45, 2.75) is 18.9 Å². The number of hydrogen-bond donors (Lipinski definition) is 1. The topological polar surface area (TPSA) is 44.5 Å². The van der Waals surface area contributed by atoms with Gasteiger partial charge in [0.05, 0.1) is 7.11 Å². The van der Waals surface area contributed by atoms with Gasteiger partial charge in [-0.1, -0.05) is 24.3 Å². The first kappa shape index (κ1) is 11.9. The van der Waals surface area contributed by atoms with E-state index in [9.17, 15) is 0 Å². The van der Waals surface area contributed by atoms with Crippen LogP contribution in [-0.2, 0) is 6.42 Å². The van der Waals surface area contributed by atoms with Crippen LogP contribution in [0.25, 0.3) is 0 Å². The van der Waals surface area contributed by atoms with Gasteiger partial charge in [0, 0.05) is 11.8 Å². The highest BCUT2D eigenvalue weighted by molar-refractivity contribution is 5.52. The Morgan fingerprint density at radius 2 is 1.95 bits per heavy atom. The van der Waals surface area contributed by atoms with Crippen LogP contribution in [0, 0.1) is 0 Å². The van der Waals surface area contributed by atoms with Crippen LogP contribution in [0.1, 0.15) is 23.7 Å². The summed E-state index contributed by atoms with van der Waals surface area (Å²) in [6.45, 7) is 0. The molecule has 1 atom stereocenters. The maximum atomic E-state index is 6.10. The predicted molar refractivity (Wildman–Crippen MR) is 75.5 cm³/mol. The average molecular weight is 255 g/mol. The van der Waals surface area contributed by atoms with Gasteiger partial charge in [-0.15, -0.1) is 0 Å². The van der Waals surface area contributed by atoms with Crippen molar-refractivity contribution in [1.29, 1.82) is 0 Å². The van der Waals surface area contributed by atoms with Gasteiger partial charge in [0.1, 0.15) is 6.10 Å². The van der Waals surface area contributed by atoms with Crippen LogP contribution < -0.4 is 15.2 Å². The maximum Gasteiger partial charge on any atom is 0.164 e. The summed E-state index contributed by atoms with van der Waals surface area (Å²) in [7, 11) is 1.64. The van der Waals surface area contributed by atoms with Crippen molar-refractivity contribution in [3.05, 3.63) is 53.6 Å². The smallest absolute Gasteiger partial charge is 0.164 e. The molecule has 98 valence electrons. The first-order valence-electron chi connectivity index (χ1n) is 6.46. The summed E-state index contributed by atoms with van der Waals surface area (Å²) in [6, 6.07) is 13.9. The van der Waals surface area contributed by atoms with Crippen LogP contribution in [0.2, 0.25) is 0 Å². The Bertz CT molecular complexity index is 595. The van der Waals surface area contributed by atoms with Crippen molar-refractivity contribution < 1.29 is 9.47 Å². The minimum absolute atomic E-state index is 0.0897. The van der Waals surface area contributed by atoms with Gasteiger partial charge in [-0.3, -0.25) is 0 Å². The number of aryl methyl sites for hydroxylation is 1. The number of nitrogens with two attached hydrogens (primary N) is 1. The highest BCUT2D eigenvalue weighted by atomic mass is 16.5. The number of hydrogen-bond acceptors (Lipinski definition) is 3. The van der Waals surface area contributed by atoms with Crippen molar-refractivity contribution in [2.75, 3.05) is 12.8 Å². The van der Waals surface area contributed by atoms with E-state index < -0.39 is 0 Å². The second kappa shape index (κ2) is 4.84. The maximum absolute atomic E-state index is 6.10. The lowest BCUT2D eigenvalue weighted by atomic mass is 10.1. The molecule has 2 aromatic carbocycles.